The standard InChI is InChI=1S/C20H25N3O2/c1-13-8-14(2)18(15(3)9-13)11-22-10-16-4-6-17(7-5-16)20(25)23-12-19(21)24/h4-9,22H,10-12H2,1-3H3,(H2,21,24)(H,23,25). The van der Waals surface area contributed by atoms with E-state index in [4.69, 9.17) is 5.73 Å². The third kappa shape index (κ3) is 5.43. The van der Waals surface area contributed by atoms with Crippen LogP contribution in [0.3, 0.4) is 0 Å². The first-order chi connectivity index (χ1) is 11.9. The van der Waals surface area contributed by atoms with Crippen molar-refractivity contribution in [3.05, 3.63) is 69.8 Å². The first-order valence-electron chi connectivity index (χ1n) is 8.29. The summed E-state index contributed by atoms with van der Waals surface area (Å²) >= 11 is 0. The van der Waals surface area contributed by atoms with Crippen LogP contribution in [0.1, 0.15) is 38.2 Å². The van der Waals surface area contributed by atoms with Crippen LogP contribution in [0.2, 0.25) is 0 Å². The number of amides is 2. The maximum Gasteiger partial charge on any atom is 0.251 e. The molecule has 0 spiro atoms. The van der Waals surface area contributed by atoms with Crippen LogP contribution in [0.15, 0.2) is 36.4 Å². The zero-order valence-electron chi connectivity index (χ0n) is 15.0. The third-order valence-corrected chi connectivity index (χ3v) is 4.11. The van der Waals surface area contributed by atoms with Crippen LogP contribution in [-0.4, -0.2) is 18.4 Å². The molecule has 0 aliphatic carbocycles. The van der Waals surface area contributed by atoms with Gasteiger partial charge in [0.15, 0.2) is 0 Å². The lowest BCUT2D eigenvalue weighted by atomic mass is 10.00. The highest BCUT2D eigenvalue weighted by molar-refractivity contribution is 5.96. The van der Waals surface area contributed by atoms with E-state index < -0.39 is 5.91 Å². The summed E-state index contributed by atoms with van der Waals surface area (Å²) in [6.45, 7) is 7.75. The molecule has 0 saturated heterocycles. The summed E-state index contributed by atoms with van der Waals surface area (Å²) < 4.78 is 0. The van der Waals surface area contributed by atoms with Gasteiger partial charge in [-0.2, -0.15) is 0 Å². The quantitative estimate of drug-likeness (QED) is 0.722. The van der Waals surface area contributed by atoms with Crippen LogP contribution in [0, 0.1) is 20.8 Å². The summed E-state index contributed by atoms with van der Waals surface area (Å²) in [4.78, 5) is 22.5. The zero-order chi connectivity index (χ0) is 18.4. The van der Waals surface area contributed by atoms with Crippen molar-refractivity contribution in [2.75, 3.05) is 6.54 Å². The summed E-state index contributed by atoms with van der Waals surface area (Å²) in [5.74, 6) is -0.861. The minimum absolute atomic E-state index is 0.155. The average Bonchev–Trinajstić information content (AvgIpc) is 2.55. The van der Waals surface area contributed by atoms with E-state index in [1.807, 2.05) is 12.1 Å². The Morgan fingerprint density at radius 1 is 0.960 bits per heavy atom. The molecule has 5 heteroatoms. The first kappa shape index (κ1) is 18.7. The third-order valence-electron chi connectivity index (χ3n) is 4.11. The molecule has 5 nitrogen and oxygen atoms in total. The van der Waals surface area contributed by atoms with Crippen molar-refractivity contribution in [3.63, 3.8) is 0 Å². The average molecular weight is 339 g/mol. The summed E-state index contributed by atoms with van der Waals surface area (Å²) in [5.41, 5.74) is 11.8. The van der Waals surface area contributed by atoms with E-state index in [9.17, 15) is 9.59 Å². The number of carbonyl (C=O) groups excluding carboxylic acids is 2. The van der Waals surface area contributed by atoms with Gasteiger partial charge in [0.05, 0.1) is 6.54 Å². The summed E-state index contributed by atoms with van der Waals surface area (Å²) in [5, 5.41) is 5.92. The van der Waals surface area contributed by atoms with Crippen LogP contribution < -0.4 is 16.4 Å². The Bertz CT molecular complexity index is 744. The Morgan fingerprint density at radius 2 is 1.56 bits per heavy atom. The monoisotopic (exact) mass is 339 g/mol. The van der Waals surface area contributed by atoms with Gasteiger partial charge < -0.3 is 16.4 Å². The summed E-state index contributed by atoms with van der Waals surface area (Å²) in [6, 6.07) is 11.7. The second kappa shape index (κ2) is 8.44. The second-order valence-corrected chi connectivity index (χ2v) is 6.33. The summed E-state index contributed by atoms with van der Waals surface area (Å²) in [6.07, 6.45) is 0. The van der Waals surface area contributed by atoms with Crippen LogP contribution in [0.25, 0.3) is 0 Å². The van der Waals surface area contributed by atoms with Crippen LogP contribution in [0.4, 0.5) is 0 Å². The van der Waals surface area contributed by atoms with Gasteiger partial charge in [-0.05, 0) is 55.2 Å². The van der Waals surface area contributed by atoms with Gasteiger partial charge >= 0.3 is 0 Å². The molecule has 2 aromatic rings. The SMILES string of the molecule is Cc1cc(C)c(CNCc2ccc(C(=O)NCC(N)=O)cc2)c(C)c1. The number of primary amides is 1. The number of benzene rings is 2. The lowest BCUT2D eigenvalue weighted by Gasteiger charge is -2.12. The molecule has 0 fully saturated rings. The molecule has 0 aliphatic heterocycles. The number of aryl methyl sites for hydroxylation is 3. The Balaban J connectivity index is 1.90. The van der Waals surface area contributed by atoms with Crippen LogP contribution in [-0.2, 0) is 17.9 Å². The second-order valence-electron chi connectivity index (χ2n) is 6.33. The van der Waals surface area contributed by atoms with Gasteiger partial charge in [0.25, 0.3) is 5.91 Å². The molecule has 0 saturated carbocycles. The number of carbonyl (C=O) groups is 2. The molecule has 0 aromatic heterocycles. The first-order valence-corrected chi connectivity index (χ1v) is 8.29. The number of hydrogen-bond acceptors (Lipinski definition) is 3. The smallest absolute Gasteiger partial charge is 0.251 e. The molecule has 0 aliphatic rings. The largest absolute Gasteiger partial charge is 0.368 e. The van der Waals surface area contributed by atoms with Crippen molar-refractivity contribution in [1.29, 1.82) is 0 Å². The van der Waals surface area contributed by atoms with Crippen molar-refractivity contribution in [2.45, 2.75) is 33.9 Å². The zero-order valence-corrected chi connectivity index (χ0v) is 15.0. The van der Waals surface area contributed by atoms with Gasteiger partial charge in [0.2, 0.25) is 5.91 Å². The normalized spacial score (nSPS) is 10.5. The van der Waals surface area contributed by atoms with E-state index in [0.29, 0.717) is 5.56 Å². The molecule has 4 N–H and O–H groups in total. The molecule has 0 unspecified atom stereocenters. The number of rotatable bonds is 7. The van der Waals surface area contributed by atoms with Crippen LogP contribution >= 0.6 is 0 Å². The van der Waals surface area contributed by atoms with Crippen molar-refractivity contribution >= 4 is 11.8 Å². The van der Waals surface area contributed by atoms with E-state index in [1.165, 1.54) is 22.3 Å². The predicted molar refractivity (Wildman–Crippen MR) is 99.2 cm³/mol. The van der Waals surface area contributed by atoms with Crippen molar-refractivity contribution in [2.24, 2.45) is 5.73 Å². The number of hydrogen-bond donors (Lipinski definition) is 3. The molecule has 0 bridgehead atoms. The fourth-order valence-electron chi connectivity index (χ4n) is 2.86. The van der Waals surface area contributed by atoms with E-state index in [2.05, 4.69) is 43.5 Å². The number of nitrogens with one attached hydrogen (secondary N) is 2. The molecule has 0 heterocycles. The Morgan fingerprint density at radius 3 is 2.12 bits per heavy atom. The molecule has 25 heavy (non-hydrogen) atoms. The molecule has 132 valence electrons. The summed E-state index contributed by atoms with van der Waals surface area (Å²) in [7, 11) is 0. The van der Waals surface area contributed by atoms with Gasteiger partial charge in [-0.1, -0.05) is 29.8 Å². The van der Waals surface area contributed by atoms with E-state index in [0.717, 1.165) is 18.7 Å². The van der Waals surface area contributed by atoms with E-state index >= 15 is 0 Å². The fourth-order valence-corrected chi connectivity index (χ4v) is 2.86. The molecule has 2 rings (SSSR count). The highest BCUT2D eigenvalue weighted by Gasteiger charge is 2.07. The van der Waals surface area contributed by atoms with Crippen molar-refractivity contribution in [1.82, 2.24) is 10.6 Å². The fraction of sp³-hybridized carbons (Fsp3) is 0.300. The van der Waals surface area contributed by atoms with Crippen molar-refractivity contribution in [3.8, 4) is 0 Å². The maximum atomic E-state index is 11.8. The highest BCUT2D eigenvalue weighted by Crippen LogP contribution is 2.16. The van der Waals surface area contributed by atoms with Crippen molar-refractivity contribution < 1.29 is 9.59 Å². The van der Waals surface area contributed by atoms with E-state index in [1.54, 1.807) is 12.1 Å². The maximum absolute atomic E-state index is 11.8. The Kier molecular flexibility index (Phi) is 6.31. The molecular formula is C20H25N3O2. The highest BCUT2D eigenvalue weighted by atomic mass is 16.2. The van der Waals surface area contributed by atoms with Gasteiger partial charge in [-0.3, -0.25) is 9.59 Å². The molecule has 0 radical (unpaired) electrons. The van der Waals surface area contributed by atoms with Gasteiger partial charge in [-0.15, -0.1) is 0 Å². The van der Waals surface area contributed by atoms with E-state index in [-0.39, 0.29) is 12.5 Å². The van der Waals surface area contributed by atoms with Gasteiger partial charge in [0.1, 0.15) is 0 Å². The molecule has 0 atom stereocenters. The topological polar surface area (TPSA) is 84.2 Å². The Labute approximate surface area is 148 Å². The lowest BCUT2D eigenvalue weighted by Crippen LogP contribution is -2.33. The van der Waals surface area contributed by atoms with Gasteiger partial charge in [-0.25, -0.2) is 0 Å². The predicted octanol–water partition coefficient (Wildman–Crippen LogP) is 2.12. The van der Waals surface area contributed by atoms with Crippen LogP contribution in [0.5, 0.6) is 0 Å². The van der Waals surface area contributed by atoms with Gasteiger partial charge in [0, 0.05) is 18.7 Å². The molecule has 2 aromatic carbocycles. The molecular weight excluding hydrogens is 314 g/mol. The molecule has 2 amide bonds. The Hall–Kier alpha value is -2.66. The minimum Gasteiger partial charge on any atom is -0.368 e. The lowest BCUT2D eigenvalue weighted by molar-refractivity contribution is -0.117. The number of nitrogens with two attached hydrogens (primary N) is 1. The minimum atomic E-state index is -0.559.